The summed E-state index contributed by atoms with van der Waals surface area (Å²) in [4.78, 5) is 0. The van der Waals surface area contributed by atoms with E-state index < -0.39 is 0 Å². The van der Waals surface area contributed by atoms with E-state index in [1.165, 1.54) is 18.4 Å². The molecule has 1 fully saturated rings. The van der Waals surface area contributed by atoms with Crippen molar-refractivity contribution in [3.8, 4) is 5.75 Å². The Balaban J connectivity index is 1.78. The molecule has 0 radical (unpaired) electrons. The second-order valence-electron chi connectivity index (χ2n) is 5.50. The van der Waals surface area contributed by atoms with Gasteiger partial charge in [-0.1, -0.05) is 48.0 Å². The Morgan fingerprint density at radius 2 is 2.00 bits per heavy atom. The highest BCUT2D eigenvalue weighted by Crippen LogP contribution is 2.29. The van der Waals surface area contributed by atoms with Crippen molar-refractivity contribution in [1.29, 1.82) is 0 Å². The fraction of sp³-hybridized carbons (Fsp3) is 0.333. The van der Waals surface area contributed by atoms with Gasteiger partial charge in [-0.2, -0.15) is 0 Å². The molecule has 1 N–H and O–H groups in total. The summed E-state index contributed by atoms with van der Waals surface area (Å²) in [6, 6.07) is 18.6. The molecule has 0 spiro atoms. The molecule has 3 heteroatoms. The van der Waals surface area contributed by atoms with Gasteiger partial charge in [-0.25, -0.2) is 0 Å². The average Bonchev–Trinajstić information content (AvgIpc) is 3.01. The zero-order valence-electron chi connectivity index (χ0n) is 12.0. The van der Waals surface area contributed by atoms with Crippen LogP contribution in [0.2, 0.25) is 5.02 Å². The minimum Gasteiger partial charge on any atom is -0.486 e. The quantitative estimate of drug-likeness (QED) is 0.871. The minimum atomic E-state index is 0.0558. The Kier molecular flexibility index (Phi) is 4.79. The highest BCUT2D eigenvalue weighted by molar-refractivity contribution is 6.30. The van der Waals surface area contributed by atoms with Crippen LogP contribution in [-0.2, 0) is 0 Å². The van der Waals surface area contributed by atoms with E-state index in [0.29, 0.717) is 11.1 Å². The van der Waals surface area contributed by atoms with Crippen molar-refractivity contribution in [2.75, 3.05) is 6.54 Å². The third kappa shape index (κ3) is 3.99. The van der Waals surface area contributed by atoms with Gasteiger partial charge in [-0.15, -0.1) is 0 Å². The van der Waals surface area contributed by atoms with Crippen LogP contribution >= 0.6 is 11.6 Å². The zero-order valence-corrected chi connectivity index (χ0v) is 12.7. The van der Waals surface area contributed by atoms with Crippen molar-refractivity contribution in [1.82, 2.24) is 5.32 Å². The summed E-state index contributed by atoms with van der Waals surface area (Å²) in [5.41, 5.74) is 1.21. The van der Waals surface area contributed by atoms with Crippen molar-refractivity contribution in [2.45, 2.75) is 31.4 Å². The first kappa shape index (κ1) is 14.4. The van der Waals surface area contributed by atoms with Gasteiger partial charge in [-0.3, -0.25) is 0 Å². The van der Waals surface area contributed by atoms with Crippen LogP contribution in [-0.4, -0.2) is 12.6 Å². The molecule has 1 aliphatic heterocycles. The lowest BCUT2D eigenvalue weighted by molar-refractivity contribution is 0.181. The smallest absolute Gasteiger partial charge is 0.125 e. The Morgan fingerprint density at radius 3 is 2.71 bits per heavy atom. The molecule has 1 heterocycles. The number of hydrogen-bond donors (Lipinski definition) is 1. The second kappa shape index (κ2) is 6.97. The van der Waals surface area contributed by atoms with E-state index in [1.54, 1.807) is 0 Å². The fourth-order valence-corrected chi connectivity index (χ4v) is 3.02. The van der Waals surface area contributed by atoms with Crippen LogP contribution in [0.15, 0.2) is 54.6 Å². The summed E-state index contributed by atoms with van der Waals surface area (Å²) < 4.78 is 6.22. The van der Waals surface area contributed by atoms with Crippen LogP contribution in [0.5, 0.6) is 5.75 Å². The van der Waals surface area contributed by atoms with Crippen molar-refractivity contribution in [3.63, 3.8) is 0 Å². The van der Waals surface area contributed by atoms with Crippen LogP contribution in [0.25, 0.3) is 0 Å². The molecule has 2 aromatic rings. The van der Waals surface area contributed by atoms with Gasteiger partial charge in [-0.05, 0) is 43.1 Å². The number of hydrogen-bond acceptors (Lipinski definition) is 2. The molecule has 0 aromatic heterocycles. The lowest BCUT2D eigenvalue weighted by atomic mass is 10.0. The van der Waals surface area contributed by atoms with Gasteiger partial charge in [0.15, 0.2) is 0 Å². The van der Waals surface area contributed by atoms with Gasteiger partial charge >= 0.3 is 0 Å². The van der Waals surface area contributed by atoms with Crippen LogP contribution in [0, 0.1) is 0 Å². The molecule has 21 heavy (non-hydrogen) atoms. The van der Waals surface area contributed by atoms with Crippen LogP contribution in [0.1, 0.15) is 30.9 Å². The van der Waals surface area contributed by atoms with Crippen LogP contribution in [0.3, 0.4) is 0 Å². The number of nitrogens with one attached hydrogen (secondary N) is 1. The molecular weight excluding hydrogens is 282 g/mol. The molecule has 2 aromatic carbocycles. The molecular formula is C18H20ClNO. The van der Waals surface area contributed by atoms with Crippen molar-refractivity contribution in [3.05, 3.63) is 65.2 Å². The van der Waals surface area contributed by atoms with Gasteiger partial charge in [0.25, 0.3) is 0 Å². The summed E-state index contributed by atoms with van der Waals surface area (Å²) in [7, 11) is 0. The highest BCUT2D eigenvalue weighted by Gasteiger charge is 2.22. The molecule has 0 saturated carbocycles. The van der Waals surface area contributed by atoms with Gasteiger partial charge < -0.3 is 10.1 Å². The Hall–Kier alpha value is -1.51. The maximum atomic E-state index is 6.22. The first-order chi connectivity index (χ1) is 10.3. The van der Waals surface area contributed by atoms with Crippen molar-refractivity contribution < 1.29 is 4.74 Å². The summed E-state index contributed by atoms with van der Waals surface area (Å²) in [5.74, 6) is 0.828. The maximum absolute atomic E-state index is 6.22. The molecule has 0 amide bonds. The largest absolute Gasteiger partial charge is 0.486 e. The molecule has 1 aliphatic rings. The molecule has 110 valence electrons. The van der Waals surface area contributed by atoms with E-state index in [4.69, 9.17) is 16.3 Å². The zero-order chi connectivity index (χ0) is 14.5. The van der Waals surface area contributed by atoms with Crippen LogP contribution < -0.4 is 10.1 Å². The number of benzene rings is 2. The molecule has 2 unspecified atom stereocenters. The fourth-order valence-electron chi connectivity index (χ4n) is 2.84. The predicted molar refractivity (Wildman–Crippen MR) is 86.9 cm³/mol. The van der Waals surface area contributed by atoms with E-state index in [9.17, 15) is 0 Å². The standard InChI is InChI=1S/C18H20ClNO/c19-15-8-4-10-17(12-15)21-18(13-16-9-5-11-20-16)14-6-2-1-3-7-14/h1-4,6-8,10,12,16,18,20H,5,9,11,13H2. The first-order valence-corrected chi connectivity index (χ1v) is 7.89. The van der Waals surface area contributed by atoms with Gasteiger partial charge in [0, 0.05) is 17.5 Å². The van der Waals surface area contributed by atoms with E-state index in [-0.39, 0.29) is 6.10 Å². The summed E-state index contributed by atoms with van der Waals surface area (Å²) in [6.07, 6.45) is 3.52. The lowest BCUT2D eigenvalue weighted by Gasteiger charge is -2.23. The number of ether oxygens (including phenoxy) is 1. The van der Waals surface area contributed by atoms with Crippen LogP contribution in [0.4, 0.5) is 0 Å². The first-order valence-electron chi connectivity index (χ1n) is 7.52. The lowest BCUT2D eigenvalue weighted by Crippen LogP contribution is -2.25. The van der Waals surface area contributed by atoms with Crippen molar-refractivity contribution in [2.24, 2.45) is 0 Å². The van der Waals surface area contributed by atoms with Gasteiger partial charge in [0.1, 0.15) is 11.9 Å². The minimum absolute atomic E-state index is 0.0558. The maximum Gasteiger partial charge on any atom is 0.125 e. The van der Waals surface area contributed by atoms with E-state index in [1.807, 2.05) is 30.3 Å². The molecule has 2 nitrogen and oxygen atoms in total. The van der Waals surface area contributed by atoms with Crippen molar-refractivity contribution >= 4 is 11.6 Å². The summed E-state index contributed by atoms with van der Waals surface area (Å²) >= 11 is 6.05. The second-order valence-corrected chi connectivity index (χ2v) is 5.94. The summed E-state index contributed by atoms with van der Waals surface area (Å²) in [6.45, 7) is 1.11. The highest BCUT2D eigenvalue weighted by atomic mass is 35.5. The van der Waals surface area contributed by atoms with E-state index >= 15 is 0 Å². The third-order valence-electron chi connectivity index (χ3n) is 3.91. The molecule has 2 atom stereocenters. The molecule has 0 bridgehead atoms. The third-order valence-corrected chi connectivity index (χ3v) is 4.14. The molecule has 0 aliphatic carbocycles. The Bertz CT molecular complexity index is 566. The molecule has 3 rings (SSSR count). The normalized spacial score (nSPS) is 19.4. The van der Waals surface area contributed by atoms with Gasteiger partial charge in [0.05, 0.1) is 0 Å². The average molecular weight is 302 g/mol. The van der Waals surface area contributed by atoms with E-state index in [0.717, 1.165) is 18.7 Å². The Labute approximate surface area is 131 Å². The van der Waals surface area contributed by atoms with E-state index in [2.05, 4.69) is 29.6 Å². The predicted octanol–water partition coefficient (Wildman–Crippen LogP) is 4.60. The topological polar surface area (TPSA) is 21.3 Å². The number of rotatable bonds is 5. The molecule has 1 saturated heterocycles. The Morgan fingerprint density at radius 1 is 1.14 bits per heavy atom. The monoisotopic (exact) mass is 301 g/mol. The number of halogens is 1. The summed E-state index contributed by atoms with van der Waals surface area (Å²) in [5, 5.41) is 4.25. The SMILES string of the molecule is Clc1cccc(OC(CC2CCCN2)c2ccccc2)c1. The van der Waals surface area contributed by atoms with Gasteiger partial charge in [0.2, 0.25) is 0 Å².